The lowest BCUT2D eigenvalue weighted by atomic mass is 10.1. The molecule has 0 aliphatic heterocycles. The van der Waals surface area contributed by atoms with Gasteiger partial charge in [-0.2, -0.15) is 5.10 Å². The van der Waals surface area contributed by atoms with E-state index in [4.69, 9.17) is 5.10 Å². The summed E-state index contributed by atoms with van der Waals surface area (Å²) in [6.45, 7) is 6.49. The van der Waals surface area contributed by atoms with Crippen LogP contribution in [0.5, 0.6) is 0 Å². The van der Waals surface area contributed by atoms with Crippen molar-refractivity contribution in [2.75, 3.05) is 7.05 Å². The molecule has 0 bridgehead atoms. The van der Waals surface area contributed by atoms with Gasteiger partial charge in [-0.1, -0.05) is 13.8 Å². The van der Waals surface area contributed by atoms with Gasteiger partial charge in [0, 0.05) is 30.5 Å². The Bertz CT molecular complexity index is 542. The molecule has 5 heteroatoms. The maximum absolute atomic E-state index is 4.75. The lowest BCUT2D eigenvalue weighted by molar-refractivity contribution is 0.422. The minimum atomic E-state index is 0.386. The fourth-order valence-corrected chi connectivity index (χ4v) is 3.26. The molecule has 1 unspecified atom stereocenters. The first-order chi connectivity index (χ1) is 10.2. The van der Waals surface area contributed by atoms with E-state index in [1.54, 1.807) is 11.3 Å². The van der Waals surface area contributed by atoms with Crippen LogP contribution in [0.25, 0.3) is 0 Å². The van der Waals surface area contributed by atoms with Crippen LogP contribution in [0.2, 0.25) is 0 Å². The molecule has 0 spiro atoms. The van der Waals surface area contributed by atoms with Gasteiger partial charge in [-0.25, -0.2) is 4.98 Å². The first-order valence-corrected chi connectivity index (χ1v) is 8.66. The molecule has 1 N–H and O–H groups in total. The van der Waals surface area contributed by atoms with Crippen molar-refractivity contribution in [1.29, 1.82) is 0 Å². The Balaban J connectivity index is 1.98. The van der Waals surface area contributed by atoms with Gasteiger partial charge in [0.2, 0.25) is 0 Å². The number of hydrogen-bond donors (Lipinski definition) is 1. The van der Waals surface area contributed by atoms with Crippen molar-refractivity contribution < 1.29 is 0 Å². The zero-order valence-electron chi connectivity index (χ0n) is 13.5. The van der Waals surface area contributed by atoms with E-state index in [2.05, 4.69) is 53.4 Å². The standard InChI is InChI=1S/C16H26N4S/c1-5-16(6-2)20-8-7-13(19-20)9-14(17-4)10-15-11-21-12(3)18-15/h7-8,11,14,16-17H,5-6,9-10H2,1-4H3. The second kappa shape index (κ2) is 7.71. The average Bonchev–Trinajstić information content (AvgIpc) is 3.09. The normalized spacial score (nSPS) is 13.0. The zero-order chi connectivity index (χ0) is 15.2. The summed E-state index contributed by atoms with van der Waals surface area (Å²) in [7, 11) is 2.02. The van der Waals surface area contributed by atoms with Gasteiger partial charge >= 0.3 is 0 Å². The highest BCUT2D eigenvalue weighted by atomic mass is 32.1. The van der Waals surface area contributed by atoms with Crippen molar-refractivity contribution in [3.05, 3.63) is 34.0 Å². The minimum Gasteiger partial charge on any atom is -0.316 e. The molecular weight excluding hydrogens is 280 g/mol. The van der Waals surface area contributed by atoms with Gasteiger partial charge < -0.3 is 5.32 Å². The van der Waals surface area contributed by atoms with Gasteiger partial charge in [-0.3, -0.25) is 4.68 Å². The lowest BCUT2D eigenvalue weighted by Gasteiger charge is -2.14. The van der Waals surface area contributed by atoms with Crippen molar-refractivity contribution in [3.63, 3.8) is 0 Å². The van der Waals surface area contributed by atoms with Crippen molar-refractivity contribution in [2.45, 2.75) is 58.5 Å². The molecule has 2 aromatic heterocycles. The van der Waals surface area contributed by atoms with Crippen LogP contribution in [-0.4, -0.2) is 27.9 Å². The lowest BCUT2D eigenvalue weighted by Crippen LogP contribution is -2.30. The maximum atomic E-state index is 4.75. The van der Waals surface area contributed by atoms with E-state index in [9.17, 15) is 0 Å². The van der Waals surface area contributed by atoms with Crippen LogP contribution < -0.4 is 5.32 Å². The third kappa shape index (κ3) is 4.38. The summed E-state index contributed by atoms with van der Waals surface area (Å²) in [6.07, 6.45) is 6.28. The highest BCUT2D eigenvalue weighted by Crippen LogP contribution is 2.16. The molecule has 0 radical (unpaired) electrons. The Hall–Kier alpha value is -1.20. The number of aromatic nitrogens is 3. The number of nitrogens with zero attached hydrogens (tertiary/aromatic N) is 3. The fraction of sp³-hybridized carbons (Fsp3) is 0.625. The van der Waals surface area contributed by atoms with Crippen molar-refractivity contribution in [2.24, 2.45) is 0 Å². The maximum Gasteiger partial charge on any atom is 0.0897 e. The number of likely N-dealkylation sites (N-methyl/N-ethyl adjacent to an activating group) is 1. The van der Waals surface area contributed by atoms with E-state index < -0.39 is 0 Å². The Kier molecular flexibility index (Phi) is 5.94. The van der Waals surface area contributed by atoms with Crippen molar-refractivity contribution in [1.82, 2.24) is 20.1 Å². The van der Waals surface area contributed by atoms with Gasteiger partial charge in [-0.15, -0.1) is 11.3 Å². The minimum absolute atomic E-state index is 0.386. The molecule has 0 fully saturated rings. The van der Waals surface area contributed by atoms with Gasteiger partial charge in [-0.05, 0) is 32.9 Å². The fourth-order valence-electron chi connectivity index (χ4n) is 2.64. The Morgan fingerprint density at radius 3 is 2.52 bits per heavy atom. The highest BCUT2D eigenvalue weighted by Gasteiger charge is 2.14. The number of aryl methyl sites for hydroxylation is 1. The number of rotatable bonds is 8. The molecule has 2 heterocycles. The van der Waals surface area contributed by atoms with Gasteiger partial charge in [0.15, 0.2) is 0 Å². The largest absolute Gasteiger partial charge is 0.316 e. The highest BCUT2D eigenvalue weighted by molar-refractivity contribution is 7.09. The molecule has 1 atom stereocenters. The summed E-state index contributed by atoms with van der Waals surface area (Å²) in [6, 6.07) is 3.05. The van der Waals surface area contributed by atoms with Crippen LogP contribution in [0.15, 0.2) is 17.6 Å². The predicted octanol–water partition coefficient (Wildman–Crippen LogP) is 3.38. The second-order valence-corrected chi connectivity index (χ2v) is 6.57. The van der Waals surface area contributed by atoms with E-state index in [1.807, 2.05) is 7.05 Å². The summed E-state index contributed by atoms with van der Waals surface area (Å²) >= 11 is 1.72. The zero-order valence-corrected chi connectivity index (χ0v) is 14.3. The van der Waals surface area contributed by atoms with Crippen molar-refractivity contribution >= 4 is 11.3 Å². The number of thiazole rings is 1. The smallest absolute Gasteiger partial charge is 0.0897 e. The molecule has 0 amide bonds. The first kappa shape index (κ1) is 16.2. The summed E-state index contributed by atoms with van der Waals surface area (Å²) in [4.78, 5) is 4.55. The third-order valence-corrected chi connectivity index (χ3v) is 4.79. The summed E-state index contributed by atoms with van der Waals surface area (Å²) in [5.74, 6) is 0. The Labute approximate surface area is 131 Å². The summed E-state index contributed by atoms with van der Waals surface area (Å²) in [5.41, 5.74) is 2.34. The van der Waals surface area contributed by atoms with Crippen LogP contribution in [0, 0.1) is 6.92 Å². The SMILES string of the molecule is CCC(CC)n1ccc(CC(Cc2csc(C)n2)NC)n1. The predicted molar refractivity (Wildman–Crippen MR) is 89.0 cm³/mol. The molecule has 2 rings (SSSR count). The third-order valence-electron chi connectivity index (χ3n) is 3.97. The number of nitrogens with one attached hydrogen (secondary N) is 1. The molecule has 4 nitrogen and oxygen atoms in total. The van der Waals surface area contributed by atoms with Gasteiger partial charge in [0.25, 0.3) is 0 Å². The average molecular weight is 306 g/mol. The first-order valence-electron chi connectivity index (χ1n) is 7.78. The van der Waals surface area contributed by atoms with Gasteiger partial charge in [0.1, 0.15) is 0 Å². The molecule has 0 aliphatic rings. The van der Waals surface area contributed by atoms with E-state index in [1.165, 1.54) is 5.69 Å². The van der Waals surface area contributed by atoms with E-state index in [-0.39, 0.29) is 0 Å². The van der Waals surface area contributed by atoms with Gasteiger partial charge in [0.05, 0.1) is 22.4 Å². The van der Waals surface area contributed by atoms with Crippen LogP contribution in [-0.2, 0) is 12.8 Å². The topological polar surface area (TPSA) is 42.7 Å². The van der Waals surface area contributed by atoms with Crippen LogP contribution in [0.3, 0.4) is 0 Å². The molecular formula is C16H26N4S. The monoisotopic (exact) mass is 306 g/mol. The summed E-state index contributed by atoms with van der Waals surface area (Å²) in [5, 5.41) is 11.4. The molecule has 0 saturated carbocycles. The Morgan fingerprint density at radius 2 is 1.95 bits per heavy atom. The van der Waals surface area contributed by atoms with E-state index in [0.717, 1.165) is 36.4 Å². The van der Waals surface area contributed by atoms with E-state index in [0.29, 0.717) is 12.1 Å². The molecule has 116 valence electrons. The van der Waals surface area contributed by atoms with Crippen LogP contribution in [0.4, 0.5) is 0 Å². The molecule has 0 saturated heterocycles. The molecule has 0 aliphatic carbocycles. The van der Waals surface area contributed by atoms with Crippen molar-refractivity contribution in [3.8, 4) is 0 Å². The van der Waals surface area contributed by atoms with Crippen LogP contribution >= 0.6 is 11.3 Å². The molecule has 0 aromatic carbocycles. The molecule has 2 aromatic rings. The Morgan fingerprint density at radius 1 is 1.24 bits per heavy atom. The quantitative estimate of drug-likeness (QED) is 0.813. The molecule has 21 heavy (non-hydrogen) atoms. The second-order valence-electron chi connectivity index (χ2n) is 5.51. The van der Waals surface area contributed by atoms with Crippen LogP contribution in [0.1, 0.15) is 49.1 Å². The van der Waals surface area contributed by atoms with E-state index >= 15 is 0 Å². The number of hydrogen-bond acceptors (Lipinski definition) is 4. The summed E-state index contributed by atoms with van der Waals surface area (Å²) < 4.78 is 2.12.